The summed E-state index contributed by atoms with van der Waals surface area (Å²) in [4.78, 5) is 46.3. The van der Waals surface area contributed by atoms with Gasteiger partial charge < -0.3 is 19.5 Å². The zero-order valence-corrected chi connectivity index (χ0v) is 16.8. The van der Waals surface area contributed by atoms with Gasteiger partial charge in [0.15, 0.2) is 5.79 Å². The number of hydrogen-bond acceptors (Lipinski definition) is 8. The summed E-state index contributed by atoms with van der Waals surface area (Å²) in [5.74, 6) is -0.639. The van der Waals surface area contributed by atoms with Crippen molar-refractivity contribution in [2.75, 3.05) is 13.2 Å². The first-order valence-electron chi connectivity index (χ1n) is 9.59. The summed E-state index contributed by atoms with van der Waals surface area (Å²) in [6, 6.07) is 0.784. The van der Waals surface area contributed by atoms with Gasteiger partial charge in [-0.1, -0.05) is 0 Å². The van der Waals surface area contributed by atoms with Crippen LogP contribution in [0, 0.1) is 6.92 Å². The minimum atomic E-state index is -0.889. The lowest BCUT2D eigenvalue weighted by molar-refractivity contribution is -0.153. The second-order valence-corrected chi connectivity index (χ2v) is 7.75. The lowest BCUT2D eigenvalue weighted by atomic mass is 9.97. The molecule has 2 saturated heterocycles. The van der Waals surface area contributed by atoms with E-state index in [1.807, 2.05) is 0 Å². The first-order chi connectivity index (χ1) is 14.2. The van der Waals surface area contributed by atoms with Crippen LogP contribution in [-0.2, 0) is 14.2 Å². The lowest BCUT2D eigenvalue weighted by Crippen LogP contribution is -2.54. The van der Waals surface area contributed by atoms with Gasteiger partial charge in [0.25, 0.3) is 11.5 Å². The second-order valence-electron chi connectivity index (χ2n) is 7.75. The number of amides is 1. The van der Waals surface area contributed by atoms with Crippen LogP contribution in [0.1, 0.15) is 36.1 Å². The third-order valence-electron chi connectivity index (χ3n) is 5.11. The fourth-order valence-electron chi connectivity index (χ4n) is 3.72. The van der Waals surface area contributed by atoms with Gasteiger partial charge in [-0.2, -0.15) is 0 Å². The molecule has 4 rings (SSSR count). The molecule has 0 aliphatic carbocycles. The molecule has 2 aliphatic rings. The van der Waals surface area contributed by atoms with Crippen molar-refractivity contribution in [3.05, 3.63) is 56.9 Å². The minimum Gasteiger partial charge on any atom is -0.371 e. The zero-order chi connectivity index (χ0) is 21.5. The van der Waals surface area contributed by atoms with Gasteiger partial charge in [-0.05, 0) is 20.8 Å². The predicted molar refractivity (Wildman–Crippen MR) is 103 cm³/mol. The molecule has 0 bridgehead atoms. The van der Waals surface area contributed by atoms with E-state index in [-0.39, 0.29) is 19.1 Å². The fourth-order valence-corrected chi connectivity index (χ4v) is 3.72. The zero-order valence-electron chi connectivity index (χ0n) is 16.8. The third kappa shape index (κ3) is 4.04. The normalized spacial score (nSPS) is 27.4. The molecular formula is C19H23N5O6. The standard InChI is InChI=1S/C19H23N5O6/c1-10-20-6-11(7-21-10)17(26)22-8-13-16-15(29-19(2,3)30-16)12(9-28-13)24-5-4-14(25)23-18(24)27/h4-7,12-13,15-16H,8-9H2,1-3H3,(H,22,26)(H,23,25,27)/t12-,13-,15+,16-/m1/s1. The summed E-state index contributed by atoms with van der Waals surface area (Å²) in [7, 11) is 0. The van der Waals surface area contributed by atoms with E-state index in [2.05, 4.69) is 20.3 Å². The average molecular weight is 417 g/mol. The van der Waals surface area contributed by atoms with E-state index in [1.54, 1.807) is 20.8 Å². The van der Waals surface area contributed by atoms with Crippen LogP contribution in [0.25, 0.3) is 0 Å². The Morgan fingerprint density at radius 2 is 1.97 bits per heavy atom. The number of nitrogens with one attached hydrogen (secondary N) is 2. The van der Waals surface area contributed by atoms with Crippen LogP contribution in [0.2, 0.25) is 0 Å². The predicted octanol–water partition coefficient (Wildman–Crippen LogP) is -0.475. The molecule has 2 aromatic heterocycles. The van der Waals surface area contributed by atoms with Crippen molar-refractivity contribution in [3.63, 3.8) is 0 Å². The highest BCUT2D eigenvalue weighted by molar-refractivity contribution is 5.93. The molecule has 0 unspecified atom stereocenters. The van der Waals surface area contributed by atoms with Crippen molar-refractivity contribution in [2.45, 2.75) is 50.9 Å². The summed E-state index contributed by atoms with van der Waals surface area (Å²) in [5.41, 5.74) is -0.682. The summed E-state index contributed by atoms with van der Waals surface area (Å²) in [6.45, 7) is 5.62. The van der Waals surface area contributed by atoms with Crippen LogP contribution >= 0.6 is 0 Å². The highest BCUT2D eigenvalue weighted by atomic mass is 16.8. The minimum absolute atomic E-state index is 0.154. The number of aromatic nitrogens is 4. The van der Waals surface area contributed by atoms with Crippen molar-refractivity contribution in [2.24, 2.45) is 0 Å². The van der Waals surface area contributed by atoms with Crippen LogP contribution in [0.15, 0.2) is 34.2 Å². The number of nitrogens with zero attached hydrogens (tertiary/aromatic N) is 3. The van der Waals surface area contributed by atoms with Crippen molar-refractivity contribution < 1.29 is 19.0 Å². The fraction of sp³-hybridized carbons (Fsp3) is 0.526. The number of aromatic amines is 1. The summed E-state index contributed by atoms with van der Waals surface area (Å²) < 4.78 is 19.4. The van der Waals surface area contributed by atoms with Crippen molar-refractivity contribution in [3.8, 4) is 0 Å². The van der Waals surface area contributed by atoms with E-state index in [0.717, 1.165) is 0 Å². The third-order valence-corrected chi connectivity index (χ3v) is 5.11. The van der Waals surface area contributed by atoms with Gasteiger partial charge in [-0.3, -0.25) is 19.1 Å². The maximum Gasteiger partial charge on any atom is 0.328 e. The van der Waals surface area contributed by atoms with Crippen LogP contribution in [0.5, 0.6) is 0 Å². The van der Waals surface area contributed by atoms with E-state index in [0.29, 0.717) is 11.4 Å². The molecule has 2 N–H and O–H groups in total. The van der Waals surface area contributed by atoms with Crippen LogP contribution < -0.4 is 16.6 Å². The Labute approximate surface area is 171 Å². The van der Waals surface area contributed by atoms with Gasteiger partial charge in [0.2, 0.25) is 0 Å². The average Bonchev–Trinajstić information content (AvgIpc) is 3.02. The molecule has 0 saturated carbocycles. The molecule has 0 radical (unpaired) electrons. The molecule has 11 nitrogen and oxygen atoms in total. The second kappa shape index (κ2) is 7.74. The number of fused-ring (bicyclic) bond motifs is 1. The van der Waals surface area contributed by atoms with Crippen LogP contribution in [0.3, 0.4) is 0 Å². The molecular weight excluding hydrogens is 394 g/mol. The molecule has 2 aromatic rings. The van der Waals surface area contributed by atoms with E-state index in [4.69, 9.17) is 14.2 Å². The van der Waals surface area contributed by atoms with Gasteiger partial charge >= 0.3 is 5.69 Å². The molecule has 4 atom stereocenters. The highest BCUT2D eigenvalue weighted by Crippen LogP contribution is 2.39. The molecule has 11 heteroatoms. The first-order valence-corrected chi connectivity index (χ1v) is 9.59. The SMILES string of the molecule is Cc1ncc(C(=O)NC[C@H]2OC[C@@H](n3ccc(=O)[nH]c3=O)[C@@H]3OC(C)(C)O[C@@H]32)cn1. The van der Waals surface area contributed by atoms with Crippen LogP contribution in [0.4, 0.5) is 0 Å². The monoisotopic (exact) mass is 417 g/mol. The summed E-state index contributed by atoms with van der Waals surface area (Å²) >= 11 is 0. The van der Waals surface area contributed by atoms with Gasteiger partial charge in [0, 0.05) is 31.2 Å². The number of carbonyl (C=O) groups excluding carboxylic acids is 1. The Kier molecular flexibility index (Phi) is 5.26. The number of ether oxygens (including phenoxy) is 3. The molecule has 4 heterocycles. The van der Waals surface area contributed by atoms with Gasteiger partial charge in [0.05, 0.1) is 18.2 Å². The smallest absolute Gasteiger partial charge is 0.328 e. The van der Waals surface area contributed by atoms with E-state index < -0.39 is 41.4 Å². The van der Waals surface area contributed by atoms with Gasteiger partial charge in [-0.15, -0.1) is 0 Å². The Morgan fingerprint density at radius 3 is 2.67 bits per heavy atom. The molecule has 30 heavy (non-hydrogen) atoms. The van der Waals surface area contributed by atoms with Crippen molar-refractivity contribution in [1.29, 1.82) is 0 Å². The quantitative estimate of drug-likeness (QED) is 0.681. The largest absolute Gasteiger partial charge is 0.371 e. The summed E-state index contributed by atoms with van der Waals surface area (Å²) in [5, 5.41) is 2.81. The summed E-state index contributed by atoms with van der Waals surface area (Å²) in [6.07, 6.45) is 2.83. The number of H-pyrrole nitrogens is 1. The Bertz CT molecular complexity index is 1050. The molecule has 0 aromatic carbocycles. The Balaban J connectivity index is 1.50. The number of aryl methyl sites for hydroxylation is 1. The molecule has 2 fully saturated rings. The van der Waals surface area contributed by atoms with Gasteiger partial charge in [-0.25, -0.2) is 14.8 Å². The Hall–Kier alpha value is -2.89. The number of rotatable bonds is 4. The van der Waals surface area contributed by atoms with E-state index in [1.165, 1.54) is 29.2 Å². The van der Waals surface area contributed by atoms with Crippen molar-refractivity contribution >= 4 is 5.91 Å². The molecule has 160 valence electrons. The maximum absolute atomic E-state index is 12.4. The lowest BCUT2D eigenvalue weighted by Gasteiger charge is -2.37. The topological polar surface area (TPSA) is 137 Å². The van der Waals surface area contributed by atoms with Crippen molar-refractivity contribution in [1.82, 2.24) is 24.8 Å². The maximum atomic E-state index is 12.4. The highest BCUT2D eigenvalue weighted by Gasteiger charge is 2.52. The van der Waals surface area contributed by atoms with Crippen LogP contribution in [-0.4, -0.2) is 62.7 Å². The number of hydrogen-bond donors (Lipinski definition) is 2. The molecule has 1 amide bonds. The van der Waals surface area contributed by atoms with E-state index >= 15 is 0 Å². The first kappa shape index (κ1) is 20.4. The number of carbonyl (C=O) groups is 1. The van der Waals surface area contributed by atoms with Gasteiger partial charge in [0.1, 0.15) is 24.1 Å². The Morgan fingerprint density at radius 1 is 1.27 bits per heavy atom. The molecule has 0 spiro atoms. The van der Waals surface area contributed by atoms with E-state index in [9.17, 15) is 14.4 Å². The molecule has 2 aliphatic heterocycles.